The van der Waals surface area contributed by atoms with Crippen molar-refractivity contribution in [3.63, 3.8) is 0 Å². The van der Waals surface area contributed by atoms with Crippen LogP contribution in [0.25, 0.3) is 0 Å². The van der Waals surface area contributed by atoms with Crippen LogP contribution < -0.4 is 0 Å². The molecule has 0 unspecified atom stereocenters. The van der Waals surface area contributed by atoms with Crippen LogP contribution in [0, 0.1) is 0 Å². The van der Waals surface area contributed by atoms with Gasteiger partial charge in [-0.2, -0.15) is 0 Å². The molecule has 1 saturated heterocycles. The molecule has 20 heavy (non-hydrogen) atoms. The number of nitrogens with zero attached hydrogens (tertiary/aromatic N) is 3. The molecule has 1 fully saturated rings. The molecule has 7 nitrogen and oxygen atoms in total. The first-order valence-electron chi connectivity index (χ1n) is 6.13. The molecule has 0 spiro atoms. The summed E-state index contributed by atoms with van der Waals surface area (Å²) in [6.07, 6.45) is 3.27. The summed E-state index contributed by atoms with van der Waals surface area (Å²) in [7, 11) is 1.30. The van der Waals surface area contributed by atoms with Crippen molar-refractivity contribution < 1.29 is 19.0 Å². The predicted octanol–water partition coefficient (Wildman–Crippen LogP) is 1.46. The maximum atomic E-state index is 11.4. The zero-order chi connectivity index (χ0) is 14.5. The number of esters is 1. The Hall–Kier alpha value is -1.00. The topological polar surface area (TPSA) is 75.5 Å². The number of halogens is 1. The van der Waals surface area contributed by atoms with Gasteiger partial charge >= 0.3 is 5.97 Å². The van der Waals surface area contributed by atoms with Gasteiger partial charge < -0.3 is 14.2 Å². The SMILES string of the molecule is COC(=O)c1ncn([C@@H]2C(I)=C[C@H]3OC(C)(C)O[C@@H]23)n1. The highest BCUT2D eigenvalue weighted by atomic mass is 127. The first kappa shape index (κ1) is 14.0. The Morgan fingerprint density at radius 3 is 2.95 bits per heavy atom. The van der Waals surface area contributed by atoms with Gasteiger partial charge in [0, 0.05) is 3.58 Å². The van der Waals surface area contributed by atoms with Crippen LogP contribution in [0.1, 0.15) is 30.5 Å². The monoisotopic (exact) mass is 391 g/mol. The lowest BCUT2D eigenvalue weighted by atomic mass is 10.2. The third-order valence-corrected chi connectivity index (χ3v) is 4.24. The summed E-state index contributed by atoms with van der Waals surface area (Å²) in [5.41, 5.74) is 0. The van der Waals surface area contributed by atoms with Crippen molar-refractivity contribution in [3.05, 3.63) is 21.8 Å². The van der Waals surface area contributed by atoms with Crippen molar-refractivity contribution in [1.29, 1.82) is 0 Å². The molecule has 8 heteroatoms. The normalized spacial score (nSPS) is 31.0. The van der Waals surface area contributed by atoms with Crippen LogP contribution in [-0.4, -0.2) is 45.8 Å². The number of hydrogen-bond acceptors (Lipinski definition) is 6. The molecule has 0 saturated carbocycles. The van der Waals surface area contributed by atoms with E-state index in [1.54, 1.807) is 4.68 Å². The maximum Gasteiger partial charge on any atom is 0.377 e. The van der Waals surface area contributed by atoms with Crippen molar-refractivity contribution in [2.24, 2.45) is 0 Å². The van der Waals surface area contributed by atoms with E-state index in [2.05, 4.69) is 37.4 Å². The Morgan fingerprint density at radius 2 is 2.25 bits per heavy atom. The van der Waals surface area contributed by atoms with E-state index in [9.17, 15) is 4.79 Å². The fraction of sp³-hybridized carbons (Fsp3) is 0.583. The number of hydrogen-bond donors (Lipinski definition) is 0. The Kier molecular flexibility index (Phi) is 3.33. The molecule has 1 aliphatic heterocycles. The molecule has 3 atom stereocenters. The van der Waals surface area contributed by atoms with Crippen molar-refractivity contribution in [2.75, 3.05) is 7.11 Å². The number of rotatable bonds is 2. The molecule has 1 aromatic rings. The number of ether oxygens (including phenoxy) is 3. The molecule has 0 bridgehead atoms. The summed E-state index contributed by atoms with van der Waals surface area (Å²) in [6.45, 7) is 3.76. The van der Waals surface area contributed by atoms with Gasteiger partial charge in [-0.1, -0.05) is 0 Å². The van der Waals surface area contributed by atoms with E-state index in [-0.39, 0.29) is 24.1 Å². The fourth-order valence-corrected chi connectivity index (χ4v) is 3.47. The summed E-state index contributed by atoms with van der Waals surface area (Å²) in [6, 6.07) is -0.131. The molecule has 0 amide bonds. The van der Waals surface area contributed by atoms with Crippen molar-refractivity contribution in [2.45, 2.75) is 37.9 Å². The molecular formula is C12H14IN3O4. The van der Waals surface area contributed by atoms with Gasteiger partial charge in [0.15, 0.2) is 5.79 Å². The van der Waals surface area contributed by atoms with Crippen LogP contribution in [0.4, 0.5) is 0 Å². The van der Waals surface area contributed by atoms with Gasteiger partial charge in [0.25, 0.3) is 5.82 Å². The standard InChI is InChI=1S/C12H14IN3O4/c1-12(2)19-7-4-6(13)8(9(7)20-12)16-5-14-10(15-16)11(17)18-3/h4-5,7-9H,1-3H3/t7-,8-,9-/m1/s1. The van der Waals surface area contributed by atoms with Crippen LogP contribution in [0.3, 0.4) is 0 Å². The average Bonchev–Trinajstić information content (AvgIpc) is 3.00. The number of aromatic nitrogens is 3. The van der Waals surface area contributed by atoms with Crippen LogP contribution >= 0.6 is 22.6 Å². The number of fused-ring (bicyclic) bond motifs is 1. The van der Waals surface area contributed by atoms with Crippen LogP contribution in [0.5, 0.6) is 0 Å². The lowest BCUT2D eigenvalue weighted by Crippen LogP contribution is -2.29. The van der Waals surface area contributed by atoms with Gasteiger partial charge in [-0.25, -0.2) is 14.5 Å². The largest absolute Gasteiger partial charge is 0.463 e. The molecule has 108 valence electrons. The number of carbonyl (C=O) groups excluding carboxylic acids is 1. The second kappa shape index (κ2) is 4.78. The summed E-state index contributed by atoms with van der Waals surface area (Å²) < 4.78 is 19.0. The molecule has 2 aliphatic rings. The molecular weight excluding hydrogens is 377 g/mol. The highest BCUT2D eigenvalue weighted by Gasteiger charge is 2.50. The molecule has 2 heterocycles. The number of methoxy groups -OCH3 is 1. The molecule has 0 N–H and O–H groups in total. The van der Waals surface area contributed by atoms with Crippen LogP contribution in [0.2, 0.25) is 0 Å². The van der Waals surface area contributed by atoms with Crippen LogP contribution in [-0.2, 0) is 14.2 Å². The van der Waals surface area contributed by atoms with E-state index >= 15 is 0 Å². The summed E-state index contributed by atoms with van der Waals surface area (Å²) >= 11 is 2.23. The number of carbonyl (C=O) groups is 1. The van der Waals surface area contributed by atoms with E-state index in [1.807, 2.05) is 19.9 Å². The van der Waals surface area contributed by atoms with Gasteiger partial charge in [0.05, 0.1) is 7.11 Å². The molecule has 3 rings (SSSR count). The lowest BCUT2D eigenvalue weighted by Gasteiger charge is -2.22. The second-order valence-electron chi connectivity index (χ2n) is 5.10. The van der Waals surface area contributed by atoms with E-state index in [0.717, 1.165) is 3.58 Å². The predicted molar refractivity (Wildman–Crippen MR) is 76.3 cm³/mol. The first-order valence-corrected chi connectivity index (χ1v) is 7.21. The summed E-state index contributed by atoms with van der Waals surface area (Å²) in [5.74, 6) is -1.13. The van der Waals surface area contributed by atoms with Gasteiger partial charge in [-0.15, -0.1) is 5.10 Å². The quantitative estimate of drug-likeness (QED) is 0.562. The van der Waals surface area contributed by atoms with Gasteiger partial charge in [0.2, 0.25) is 0 Å². The van der Waals surface area contributed by atoms with E-state index in [4.69, 9.17) is 9.47 Å². The molecule has 0 aromatic carbocycles. The summed E-state index contributed by atoms with van der Waals surface area (Å²) in [4.78, 5) is 15.4. The van der Waals surface area contributed by atoms with Crippen LogP contribution in [0.15, 0.2) is 16.0 Å². The third-order valence-electron chi connectivity index (χ3n) is 3.24. The van der Waals surface area contributed by atoms with Crippen molar-refractivity contribution >= 4 is 28.6 Å². The zero-order valence-electron chi connectivity index (χ0n) is 11.2. The van der Waals surface area contributed by atoms with Crippen molar-refractivity contribution in [1.82, 2.24) is 14.8 Å². The Bertz CT molecular complexity index is 583. The fourth-order valence-electron chi connectivity index (χ4n) is 2.47. The summed E-state index contributed by atoms with van der Waals surface area (Å²) in [5, 5.41) is 4.17. The van der Waals surface area contributed by atoms with E-state index in [1.165, 1.54) is 13.4 Å². The Morgan fingerprint density at radius 1 is 1.50 bits per heavy atom. The zero-order valence-corrected chi connectivity index (χ0v) is 13.4. The minimum atomic E-state index is -0.618. The van der Waals surface area contributed by atoms with Gasteiger partial charge in [0.1, 0.15) is 24.6 Å². The van der Waals surface area contributed by atoms with Gasteiger partial charge in [-0.05, 0) is 42.5 Å². The van der Waals surface area contributed by atoms with Gasteiger partial charge in [-0.3, -0.25) is 0 Å². The average molecular weight is 391 g/mol. The first-order chi connectivity index (χ1) is 9.41. The molecule has 1 aromatic heterocycles. The highest BCUT2D eigenvalue weighted by Crippen LogP contribution is 2.45. The Balaban J connectivity index is 1.88. The molecule has 1 aliphatic carbocycles. The van der Waals surface area contributed by atoms with E-state index < -0.39 is 11.8 Å². The second-order valence-corrected chi connectivity index (χ2v) is 6.35. The Labute approximate surface area is 129 Å². The molecule has 0 radical (unpaired) electrons. The lowest BCUT2D eigenvalue weighted by molar-refractivity contribution is -0.147. The van der Waals surface area contributed by atoms with E-state index in [0.29, 0.717) is 0 Å². The van der Waals surface area contributed by atoms with Crippen molar-refractivity contribution in [3.8, 4) is 0 Å². The minimum absolute atomic E-state index is 0.0401. The third kappa shape index (κ3) is 2.25. The highest BCUT2D eigenvalue weighted by molar-refractivity contribution is 14.1. The minimum Gasteiger partial charge on any atom is -0.463 e. The smallest absolute Gasteiger partial charge is 0.377 e. The maximum absolute atomic E-state index is 11.4.